The van der Waals surface area contributed by atoms with Gasteiger partial charge in [-0.3, -0.25) is 9.69 Å². The highest BCUT2D eigenvalue weighted by Gasteiger charge is 2.15. The van der Waals surface area contributed by atoms with Crippen LogP contribution in [-0.2, 0) is 4.79 Å². The average molecular weight is 261 g/mol. The first-order chi connectivity index (χ1) is 9.10. The lowest BCUT2D eigenvalue weighted by molar-refractivity contribution is -0.119. The lowest BCUT2D eigenvalue weighted by Crippen LogP contribution is -2.36. The van der Waals surface area contributed by atoms with Crippen LogP contribution in [0.4, 0.5) is 5.69 Å². The van der Waals surface area contributed by atoms with Crippen LogP contribution in [0.2, 0.25) is 0 Å². The first-order valence-electron chi connectivity index (χ1n) is 6.23. The van der Waals surface area contributed by atoms with Gasteiger partial charge in [0.2, 0.25) is 5.91 Å². The van der Waals surface area contributed by atoms with Gasteiger partial charge >= 0.3 is 0 Å². The molecule has 1 amide bonds. The number of hydrogen-bond acceptors (Lipinski definition) is 4. The van der Waals surface area contributed by atoms with Crippen LogP contribution in [0.25, 0.3) is 5.57 Å². The molecule has 0 atom stereocenters. The fourth-order valence-electron chi connectivity index (χ4n) is 2.28. The molecule has 0 aliphatic carbocycles. The molecule has 0 bridgehead atoms. The Morgan fingerprint density at radius 3 is 2.79 bits per heavy atom. The molecule has 1 aromatic rings. The molecule has 4 N–H and O–H groups in total. The third-order valence-electron chi connectivity index (χ3n) is 3.28. The number of rotatable bonds is 4. The SMILES string of the molecule is COc1ccc(C2=CCN(CC(N)=O)CC2)c(N)c1. The Hall–Kier alpha value is -2.01. The Labute approximate surface area is 112 Å². The lowest BCUT2D eigenvalue weighted by Gasteiger charge is -2.25. The van der Waals surface area contributed by atoms with Gasteiger partial charge in [0.15, 0.2) is 0 Å². The number of nitrogens with zero attached hydrogens (tertiary/aromatic N) is 1. The molecule has 2 rings (SSSR count). The van der Waals surface area contributed by atoms with Gasteiger partial charge in [0.1, 0.15) is 5.75 Å². The standard InChI is InChI=1S/C14H19N3O2/c1-19-11-2-3-12(13(15)8-11)10-4-6-17(7-5-10)9-14(16)18/h2-4,8H,5-7,9,15H2,1H3,(H2,16,18). The third-order valence-corrected chi connectivity index (χ3v) is 3.28. The minimum absolute atomic E-state index is 0.291. The second-order valence-electron chi connectivity index (χ2n) is 4.63. The Morgan fingerprint density at radius 1 is 1.47 bits per heavy atom. The molecule has 5 nitrogen and oxygen atoms in total. The predicted molar refractivity (Wildman–Crippen MR) is 75.6 cm³/mol. The number of methoxy groups -OCH3 is 1. The number of nitrogens with two attached hydrogens (primary N) is 2. The van der Waals surface area contributed by atoms with Gasteiger partial charge in [-0.1, -0.05) is 6.08 Å². The van der Waals surface area contributed by atoms with Crippen molar-refractivity contribution in [2.45, 2.75) is 6.42 Å². The molecule has 0 saturated heterocycles. The zero-order valence-electron chi connectivity index (χ0n) is 11.1. The van der Waals surface area contributed by atoms with Gasteiger partial charge < -0.3 is 16.2 Å². The topological polar surface area (TPSA) is 81.6 Å². The van der Waals surface area contributed by atoms with Crippen LogP contribution in [0.1, 0.15) is 12.0 Å². The van der Waals surface area contributed by atoms with E-state index in [1.807, 2.05) is 23.1 Å². The van der Waals surface area contributed by atoms with Gasteiger partial charge in [-0.2, -0.15) is 0 Å². The van der Waals surface area contributed by atoms with Crippen LogP contribution < -0.4 is 16.2 Å². The summed E-state index contributed by atoms with van der Waals surface area (Å²) in [5.74, 6) is 0.467. The van der Waals surface area contributed by atoms with Crippen molar-refractivity contribution in [2.75, 3.05) is 32.5 Å². The molecule has 0 fully saturated rings. The first-order valence-corrected chi connectivity index (χ1v) is 6.23. The maximum Gasteiger partial charge on any atom is 0.231 e. The van der Waals surface area contributed by atoms with Crippen molar-refractivity contribution in [2.24, 2.45) is 5.73 Å². The van der Waals surface area contributed by atoms with Crippen molar-refractivity contribution in [1.82, 2.24) is 4.90 Å². The first kappa shape index (κ1) is 13.4. The van der Waals surface area contributed by atoms with Crippen molar-refractivity contribution in [3.05, 3.63) is 29.8 Å². The number of hydrogen-bond donors (Lipinski definition) is 2. The van der Waals surface area contributed by atoms with E-state index >= 15 is 0 Å². The van der Waals surface area contributed by atoms with Crippen molar-refractivity contribution >= 4 is 17.2 Å². The van der Waals surface area contributed by atoms with Crippen LogP contribution >= 0.6 is 0 Å². The second-order valence-corrected chi connectivity index (χ2v) is 4.63. The molecular weight excluding hydrogens is 242 g/mol. The summed E-state index contributed by atoms with van der Waals surface area (Å²) in [4.78, 5) is 12.9. The fraction of sp³-hybridized carbons (Fsp3) is 0.357. The van der Waals surface area contributed by atoms with E-state index in [1.165, 1.54) is 5.57 Å². The van der Waals surface area contributed by atoms with Gasteiger partial charge in [0.05, 0.1) is 13.7 Å². The summed E-state index contributed by atoms with van der Waals surface area (Å²) in [7, 11) is 1.62. The molecule has 102 valence electrons. The number of carbonyl (C=O) groups excluding carboxylic acids is 1. The zero-order chi connectivity index (χ0) is 13.8. The number of nitrogen functional groups attached to an aromatic ring is 1. The van der Waals surface area contributed by atoms with Crippen molar-refractivity contribution < 1.29 is 9.53 Å². The van der Waals surface area contributed by atoms with E-state index in [4.69, 9.17) is 16.2 Å². The third kappa shape index (κ3) is 3.26. The lowest BCUT2D eigenvalue weighted by atomic mass is 9.98. The summed E-state index contributed by atoms with van der Waals surface area (Å²) in [6.07, 6.45) is 2.97. The summed E-state index contributed by atoms with van der Waals surface area (Å²) in [6, 6.07) is 5.71. The maximum atomic E-state index is 10.9. The molecule has 5 heteroatoms. The number of amides is 1. The normalized spacial score (nSPS) is 15.9. The van der Waals surface area contributed by atoms with Gasteiger partial charge in [-0.15, -0.1) is 0 Å². The molecule has 0 radical (unpaired) electrons. The van der Waals surface area contributed by atoms with E-state index < -0.39 is 0 Å². The molecule has 1 aliphatic heterocycles. The largest absolute Gasteiger partial charge is 0.497 e. The number of anilines is 1. The van der Waals surface area contributed by atoms with Crippen molar-refractivity contribution in [3.63, 3.8) is 0 Å². The van der Waals surface area contributed by atoms with Crippen LogP contribution in [0.5, 0.6) is 5.75 Å². The quantitative estimate of drug-likeness (QED) is 0.787. The van der Waals surface area contributed by atoms with Crippen LogP contribution in [0.15, 0.2) is 24.3 Å². The highest BCUT2D eigenvalue weighted by Crippen LogP contribution is 2.29. The zero-order valence-corrected chi connectivity index (χ0v) is 11.1. The number of primary amides is 1. The number of benzene rings is 1. The van der Waals surface area contributed by atoms with E-state index in [9.17, 15) is 4.79 Å². The minimum Gasteiger partial charge on any atom is -0.497 e. The van der Waals surface area contributed by atoms with Gasteiger partial charge in [-0.25, -0.2) is 0 Å². The Morgan fingerprint density at radius 2 is 2.26 bits per heavy atom. The molecule has 1 aliphatic rings. The number of ether oxygens (including phenoxy) is 1. The van der Waals surface area contributed by atoms with Crippen molar-refractivity contribution in [3.8, 4) is 5.75 Å². The van der Waals surface area contributed by atoms with Crippen molar-refractivity contribution in [1.29, 1.82) is 0 Å². The van der Waals surface area contributed by atoms with E-state index in [0.29, 0.717) is 12.2 Å². The summed E-state index contributed by atoms with van der Waals surface area (Å²) >= 11 is 0. The van der Waals surface area contributed by atoms with E-state index in [2.05, 4.69) is 6.08 Å². The monoisotopic (exact) mass is 261 g/mol. The molecule has 19 heavy (non-hydrogen) atoms. The van der Waals surface area contributed by atoms with E-state index in [1.54, 1.807) is 7.11 Å². The summed E-state index contributed by atoms with van der Waals surface area (Å²) in [5, 5.41) is 0. The maximum absolute atomic E-state index is 10.9. The average Bonchev–Trinajstić information content (AvgIpc) is 2.39. The molecule has 0 aromatic heterocycles. The van der Waals surface area contributed by atoms with Gasteiger partial charge in [0.25, 0.3) is 0 Å². The number of carbonyl (C=O) groups is 1. The van der Waals surface area contributed by atoms with Crippen LogP contribution in [-0.4, -0.2) is 37.6 Å². The molecule has 0 saturated carbocycles. The van der Waals surface area contributed by atoms with E-state index in [0.717, 1.165) is 30.8 Å². The minimum atomic E-state index is -0.291. The van der Waals surface area contributed by atoms with E-state index in [-0.39, 0.29) is 5.91 Å². The predicted octanol–water partition coefficient (Wildman–Crippen LogP) is 0.852. The summed E-state index contributed by atoms with van der Waals surface area (Å²) < 4.78 is 5.14. The summed E-state index contributed by atoms with van der Waals surface area (Å²) in [5.41, 5.74) is 14.2. The smallest absolute Gasteiger partial charge is 0.231 e. The van der Waals surface area contributed by atoms with Gasteiger partial charge in [0, 0.05) is 30.4 Å². The Kier molecular flexibility index (Phi) is 4.06. The fourth-order valence-corrected chi connectivity index (χ4v) is 2.28. The second kappa shape index (κ2) is 5.75. The molecule has 1 aromatic carbocycles. The molecule has 1 heterocycles. The molecule has 0 unspecified atom stereocenters. The Balaban J connectivity index is 2.11. The molecular formula is C14H19N3O2. The van der Waals surface area contributed by atoms with Crippen LogP contribution in [0.3, 0.4) is 0 Å². The van der Waals surface area contributed by atoms with Gasteiger partial charge in [-0.05, 0) is 24.1 Å². The van der Waals surface area contributed by atoms with Crippen LogP contribution in [0, 0.1) is 0 Å². The summed E-state index contributed by atoms with van der Waals surface area (Å²) in [6.45, 7) is 1.85. The highest BCUT2D eigenvalue weighted by molar-refractivity contribution is 5.78. The highest BCUT2D eigenvalue weighted by atomic mass is 16.5. The Bertz CT molecular complexity index is 511. The molecule has 0 spiro atoms.